The van der Waals surface area contributed by atoms with Crippen molar-refractivity contribution >= 4 is 23.2 Å². The molecule has 0 heterocycles. The van der Waals surface area contributed by atoms with Gasteiger partial charge in [-0.15, -0.1) is 0 Å². The standard InChI is InChI=1S/C24H24ClNO4/c1-26(24(27)21-15-18(25)11-12-23(21)29-3)19-8-6-9-20(16-19)30-14-13-17-7-4-5-10-22(17)28-2/h4-12,15-16H,13-14H2,1-3H3. The van der Waals surface area contributed by atoms with E-state index in [0.29, 0.717) is 40.8 Å². The van der Waals surface area contributed by atoms with E-state index in [4.69, 9.17) is 25.8 Å². The molecule has 0 unspecified atom stereocenters. The lowest BCUT2D eigenvalue weighted by molar-refractivity contribution is 0.0990. The molecule has 3 rings (SSSR count). The minimum atomic E-state index is -0.222. The first-order valence-corrected chi connectivity index (χ1v) is 9.87. The Labute approximate surface area is 181 Å². The Morgan fingerprint density at radius 1 is 0.933 bits per heavy atom. The predicted molar refractivity (Wildman–Crippen MR) is 119 cm³/mol. The van der Waals surface area contributed by atoms with Gasteiger partial charge < -0.3 is 19.1 Å². The topological polar surface area (TPSA) is 48.0 Å². The number of para-hydroxylation sites is 1. The number of carbonyl (C=O) groups is 1. The van der Waals surface area contributed by atoms with Gasteiger partial charge in [0, 0.05) is 30.2 Å². The third-order valence-corrected chi connectivity index (χ3v) is 4.97. The highest BCUT2D eigenvalue weighted by molar-refractivity contribution is 6.31. The number of nitrogens with zero attached hydrogens (tertiary/aromatic N) is 1. The number of anilines is 1. The first kappa shape index (κ1) is 21.5. The number of hydrogen-bond donors (Lipinski definition) is 0. The SMILES string of the molecule is COc1ccccc1CCOc1cccc(N(C)C(=O)c2cc(Cl)ccc2OC)c1. The van der Waals surface area contributed by atoms with E-state index in [1.54, 1.807) is 37.3 Å². The fourth-order valence-corrected chi connectivity index (χ4v) is 3.29. The van der Waals surface area contributed by atoms with Crippen LogP contribution in [0.2, 0.25) is 5.02 Å². The number of ether oxygens (including phenoxy) is 3. The molecule has 6 heteroatoms. The van der Waals surface area contributed by atoms with Crippen molar-refractivity contribution in [3.8, 4) is 17.2 Å². The summed E-state index contributed by atoms with van der Waals surface area (Å²) in [6.07, 6.45) is 0.711. The average molecular weight is 426 g/mol. The van der Waals surface area contributed by atoms with Crippen LogP contribution in [-0.2, 0) is 6.42 Å². The van der Waals surface area contributed by atoms with Gasteiger partial charge in [-0.25, -0.2) is 0 Å². The van der Waals surface area contributed by atoms with Crippen molar-refractivity contribution in [2.75, 3.05) is 32.8 Å². The molecule has 0 atom stereocenters. The summed E-state index contributed by atoms with van der Waals surface area (Å²) in [6.45, 7) is 0.490. The summed E-state index contributed by atoms with van der Waals surface area (Å²) in [5, 5.41) is 0.473. The number of halogens is 1. The van der Waals surface area contributed by atoms with Crippen LogP contribution < -0.4 is 19.1 Å². The Morgan fingerprint density at radius 3 is 2.47 bits per heavy atom. The van der Waals surface area contributed by atoms with E-state index in [1.165, 1.54) is 7.11 Å². The molecule has 156 valence electrons. The molecule has 0 spiro atoms. The molecule has 0 N–H and O–H groups in total. The van der Waals surface area contributed by atoms with Gasteiger partial charge in [-0.1, -0.05) is 35.9 Å². The predicted octanol–water partition coefficient (Wildman–Crippen LogP) is 5.26. The van der Waals surface area contributed by atoms with Gasteiger partial charge in [-0.2, -0.15) is 0 Å². The molecule has 30 heavy (non-hydrogen) atoms. The van der Waals surface area contributed by atoms with Gasteiger partial charge in [-0.05, 0) is 42.0 Å². The Kier molecular flexibility index (Phi) is 7.20. The number of benzene rings is 3. The minimum absolute atomic E-state index is 0.222. The summed E-state index contributed by atoms with van der Waals surface area (Å²) < 4.78 is 16.6. The van der Waals surface area contributed by atoms with E-state index in [0.717, 1.165) is 11.3 Å². The minimum Gasteiger partial charge on any atom is -0.496 e. The zero-order valence-electron chi connectivity index (χ0n) is 17.2. The quantitative estimate of drug-likeness (QED) is 0.494. The lowest BCUT2D eigenvalue weighted by atomic mass is 10.1. The summed E-state index contributed by atoms with van der Waals surface area (Å²) in [5.74, 6) is 1.77. The summed E-state index contributed by atoms with van der Waals surface area (Å²) in [4.78, 5) is 14.5. The van der Waals surface area contributed by atoms with Crippen LogP contribution in [0.25, 0.3) is 0 Å². The van der Waals surface area contributed by atoms with Crippen LogP contribution in [0.1, 0.15) is 15.9 Å². The van der Waals surface area contributed by atoms with Crippen LogP contribution in [0.15, 0.2) is 66.7 Å². The molecule has 0 aliphatic heterocycles. The highest BCUT2D eigenvalue weighted by Gasteiger charge is 2.19. The molecule has 0 aromatic heterocycles. The Bertz CT molecular complexity index is 1020. The molecule has 0 fully saturated rings. The second-order valence-electron chi connectivity index (χ2n) is 6.62. The molecule has 0 radical (unpaired) electrons. The van der Waals surface area contributed by atoms with E-state index < -0.39 is 0 Å². The van der Waals surface area contributed by atoms with Crippen molar-refractivity contribution in [3.63, 3.8) is 0 Å². The van der Waals surface area contributed by atoms with Crippen LogP contribution in [0.3, 0.4) is 0 Å². The maximum Gasteiger partial charge on any atom is 0.261 e. The van der Waals surface area contributed by atoms with Crippen molar-refractivity contribution in [1.82, 2.24) is 0 Å². The number of carbonyl (C=O) groups excluding carboxylic acids is 1. The van der Waals surface area contributed by atoms with Gasteiger partial charge in [0.25, 0.3) is 5.91 Å². The Morgan fingerprint density at radius 2 is 1.70 bits per heavy atom. The molecule has 0 saturated carbocycles. The largest absolute Gasteiger partial charge is 0.496 e. The average Bonchev–Trinajstić information content (AvgIpc) is 2.78. The van der Waals surface area contributed by atoms with E-state index in [-0.39, 0.29) is 5.91 Å². The molecule has 0 bridgehead atoms. The van der Waals surface area contributed by atoms with Crippen molar-refractivity contribution in [1.29, 1.82) is 0 Å². The molecular formula is C24H24ClNO4. The lowest BCUT2D eigenvalue weighted by Crippen LogP contribution is -2.26. The van der Waals surface area contributed by atoms with Crippen LogP contribution >= 0.6 is 11.6 Å². The second kappa shape index (κ2) is 10.0. The summed E-state index contributed by atoms with van der Waals surface area (Å²) in [6, 6.07) is 20.2. The van der Waals surface area contributed by atoms with Crippen LogP contribution in [0.4, 0.5) is 5.69 Å². The number of amides is 1. The number of rotatable bonds is 8. The first-order chi connectivity index (χ1) is 14.5. The van der Waals surface area contributed by atoms with Crippen molar-refractivity contribution in [2.24, 2.45) is 0 Å². The maximum absolute atomic E-state index is 13.0. The fraction of sp³-hybridized carbons (Fsp3) is 0.208. The van der Waals surface area contributed by atoms with E-state index >= 15 is 0 Å². The Hall–Kier alpha value is -3.18. The molecule has 0 aliphatic carbocycles. The van der Waals surface area contributed by atoms with Crippen molar-refractivity contribution < 1.29 is 19.0 Å². The zero-order valence-corrected chi connectivity index (χ0v) is 18.0. The molecule has 5 nitrogen and oxygen atoms in total. The third kappa shape index (κ3) is 5.05. The van der Waals surface area contributed by atoms with Crippen molar-refractivity contribution in [3.05, 3.63) is 82.9 Å². The first-order valence-electron chi connectivity index (χ1n) is 9.50. The molecule has 3 aromatic carbocycles. The molecular weight excluding hydrogens is 402 g/mol. The third-order valence-electron chi connectivity index (χ3n) is 4.73. The maximum atomic E-state index is 13.0. The van der Waals surface area contributed by atoms with Gasteiger partial charge in [0.2, 0.25) is 0 Å². The molecule has 0 aliphatic rings. The molecule has 3 aromatic rings. The molecule has 1 amide bonds. The van der Waals surface area contributed by atoms with Crippen LogP contribution in [0.5, 0.6) is 17.2 Å². The number of methoxy groups -OCH3 is 2. The van der Waals surface area contributed by atoms with Crippen LogP contribution in [-0.4, -0.2) is 33.8 Å². The highest BCUT2D eigenvalue weighted by Crippen LogP contribution is 2.27. The summed E-state index contributed by atoms with van der Waals surface area (Å²) in [5.41, 5.74) is 2.18. The summed E-state index contributed by atoms with van der Waals surface area (Å²) in [7, 11) is 4.89. The summed E-state index contributed by atoms with van der Waals surface area (Å²) >= 11 is 6.07. The van der Waals surface area contributed by atoms with E-state index in [1.807, 2.05) is 48.5 Å². The fourth-order valence-electron chi connectivity index (χ4n) is 3.12. The van der Waals surface area contributed by atoms with Gasteiger partial charge >= 0.3 is 0 Å². The monoisotopic (exact) mass is 425 g/mol. The van der Waals surface area contributed by atoms with Gasteiger partial charge in [0.1, 0.15) is 17.2 Å². The Balaban J connectivity index is 1.70. The lowest BCUT2D eigenvalue weighted by Gasteiger charge is -2.20. The smallest absolute Gasteiger partial charge is 0.261 e. The normalized spacial score (nSPS) is 10.4. The van der Waals surface area contributed by atoms with Gasteiger partial charge in [-0.3, -0.25) is 4.79 Å². The highest BCUT2D eigenvalue weighted by atomic mass is 35.5. The second-order valence-corrected chi connectivity index (χ2v) is 7.05. The van der Waals surface area contributed by atoms with Crippen molar-refractivity contribution in [2.45, 2.75) is 6.42 Å². The van der Waals surface area contributed by atoms with E-state index in [2.05, 4.69) is 0 Å². The zero-order chi connectivity index (χ0) is 21.5. The number of hydrogen-bond acceptors (Lipinski definition) is 4. The van der Waals surface area contributed by atoms with E-state index in [9.17, 15) is 4.79 Å². The van der Waals surface area contributed by atoms with Gasteiger partial charge in [0.05, 0.1) is 26.4 Å². The van der Waals surface area contributed by atoms with Crippen LogP contribution in [0, 0.1) is 0 Å². The molecule has 0 saturated heterocycles. The van der Waals surface area contributed by atoms with Gasteiger partial charge in [0.15, 0.2) is 0 Å².